The number of benzene rings is 1. The van der Waals surface area contributed by atoms with E-state index in [1.165, 1.54) is 4.90 Å². The molecule has 7 heteroatoms. The molecule has 6 N–H and O–H groups in total. The molecule has 0 saturated carbocycles. The normalized spacial score (nSPS) is 9.68. The number of anilines is 1. The first-order chi connectivity index (χ1) is 8.97. The highest BCUT2D eigenvalue weighted by molar-refractivity contribution is 5.85. The maximum Gasteiger partial charge on any atom is 0.236 e. The van der Waals surface area contributed by atoms with Crippen molar-refractivity contribution in [1.29, 1.82) is 5.26 Å². The minimum atomic E-state index is -0.618. The Morgan fingerprint density at radius 2 is 1.79 bits per heavy atom. The molecular formula is C12H15N5O2. The van der Waals surface area contributed by atoms with Crippen LogP contribution in [0.2, 0.25) is 0 Å². The van der Waals surface area contributed by atoms with Crippen molar-refractivity contribution in [2.45, 2.75) is 6.54 Å². The Hall–Kier alpha value is -2.59. The highest BCUT2D eigenvalue weighted by Gasteiger charge is 2.16. The third kappa shape index (κ3) is 3.97. The molecule has 0 aliphatic heterocycles. The summed E-state index contributed by atoms with van der Waals surface area (Å²) in [7, 11) is 0. The summed E-state index contributed by atoms with van der Waals surface area (Å²) in [6.45, 7) is -0.0974. The summed E-state index contributed by atoms with van der Waals surface area (Å²) < 4.78 is 0. The maximum absolute atomic E-state index is 11.0. The molecule has 100 valence electrons. The quantitative estimate of drug-likeness (QED) is 0.589. The highest BCUT2D eigenvalue weighted by Crippen LogP contribution is 2.21. The molecule has 0 aliphatic rings. The van der Waals surface area contributed by atoms with Crippen molar-refractivity contribution in [3.05, 3.63) is 29.3 Å². The van der Waals surface area contributed by atoms with E-state index in [1.807, 2.05) is 6.07 Å². The standard InChI is InChI=1S/C12H15N5O2/c13-4-8-1-2-10(9(3-8)5-14)17(6-11(15)18)7-12(16)19/h1-3H,4,6-7,13H2,(H2,15,18)(H2,16,19). The first kappa shape index (κ1) is 14.5. The van der Waals surface area contributed by atoms with Crippen LogP contribution in [0, 0.1) is 11.3 Å². The van der Waals surface area contributed by atoms with Crippen LogP contribution in [0.5, 0.6) is 0 Å². The fourth-order valence-corrected chi connectivity index (χ4v) is 1.68. The largest absolute Gasteiger partial charge is 0.368 e. The van der Waals surface area contributed by atoms with Gasteiger partial charge in [-0.2, -0.15) is 5.26 Å². The van der Waals surface area contributed by atoms with Crippen LogP contribution < -0.4 is 22.1 Å². The van der Waals surface area contributed by atoms with Crippen LogP contribution in [0.25, 0.3) is 0 Å². The van der Waals surface area contributed by atoms with Crippen LogP contribution in [-0.4, -0.2) is 24.9 Å². The Labute approximate surface area is 110 Å². The number of hydrogen-bond acceptors (Lipinski definition) is 5. The van der Waals surface area contributed by atoms with Gasteiger partial charge in [0, 0.05) is 6.54 Å². The van der Waals surface area contributed by atoms with Crippen molar-refractivity contribution in [3.63, 3.8) is 0 Å². The van der Waals surface area contributed by atoms with E-state index < -0.39 is 11.8 Å². The van der Waals surface area contributed by atoms with E-state index in [4.69, 9.17) is 22.5 Å². The molecule has 0 radical (unpaired) electrons. The van der Waals surface area contributed by atoms with Crippen molar-refractivity contribution in [3.8, 4) is 6.07 Å². The minimum absolute atomic E-state index is 0.195. The van der Waals surface area contributed by atoms with Crippen molar-refractivity contribution in [2.24, 2.45) is 17.2 Å². The first-order valence-corrected chi connectivity index (χ1v) is 5.52. The lowest BCUT2D eigenvalue weighted by atomic mass is 10.1. The molecule has 0 unspecified atom stereocenters. The maximum atomic E-state index is 11.0. The van der Waals surface area contributed by atoms with Gasteiger partial charge in [0.05, 0.1) is 24.3 Å². The van der Waals surface area contributed by atoms with Crippen LogP contribution in [0.1, 0.15) is 11.1 Å². The molecule has 7 nitrogen and oxygen atoms in total. The van der Waals surface area contributed by atoms with Crippen LogP contribution in [-0.2, 0) is 16.1 Å². The van der Waals surface area contributed by atoms with Crippen LogP contribution in [0.15, 0.2) is 18.2 Å². The Kier molecular flexibility index (Phi) is 4.85. The zero-order chi connectivity index (χ0) is 14.4. The van der Waals surface area contributed by atoms with E-state index >= 15 is 0 Å². The second kappa shape index (κ2) is 6.37. The molecule has 0 spiro atoms. The van der Waals surface area contributed by atoms with Crippen LogP contribution in [0.3, 0.4) is 0 Å². The second-order valence-electron chi connectivity index (χ2n) is 3.96. The van der Waals surface area contributed by atoms with Gasteiger partial charge in [0.2, 0.25) is 11.8 Å². The van der Waals surface area contributed by atoms with Gasteiger partial charge < -0.3 is 22.1 Å². The van der Waals surface area contributed by atoms with Crippen LogP contribution >= 0.6 is 0 Å². The monoisotopic (exact) mass is 261 g/mol. The Morgan fingerprint density at radius 3 is 2.21 bits per heavy atom. The molecule has 1 aromatic carbocycles. The summed E-state index contributed by atoms with van der Waals surface area (Å²) in [5.74, 6) is -1.24. The lowest BCUT2D eigenvalue weighted by Crippen LogP contribution is -2.40. The predicted molar refractivity (Wildman–Crippen MR) is 69.7 cm³/mol. The zero-order valence-corrected chi connectivity index (χ0v) is 10.3. The third-order valence-corrected chi connectivity index (χ3v) is 2.45. The number of nitrogens with two attached hydrogens (primary N) is 3. The summed E-state index contributed by atoms with van der Waals surface area (Å²) in [6, 6.07) is 6.93. The molecule has 0 aliphatic carbocycles. The first-order valence-electron chi connectivity index (χ1n) is 5.52. The Balaban J connectivity index is 3.17. The number of carbonyl (C=O) groups is 2. The molecule has 0 aromatic heterocycles. The van der Waals surface area contributed by atoms with Gasteiger partial charge in [0.25, 0.3) is 0 Å². The summed E-state index contributed by atoms with van der Waals surface area (Å²) in [5.41, 5.74) is 17.2. The highest BCUT2D eigenvalue weighted by atomic mass is 16.2. The Bertz CT molecular complexity index is 519. The van der Waals surface area contributed by atoms with Crippen LogP contribution in [0.4, 0.5) is 5.69 Å². The van der Waals surface area contributed by atoms with Crippen molar-refractivity contribution in [1.82, 2.24) is 0 Å². The van der Waals surface area contributed by atoms with Gasteiger partial charge in [-0.25, -0.2) is 0 Å². The van der Waals surface area contributed by atoms with Crippen molar-refractivity contribution < 1.29 is 9.59 Å². The number of carbonyl (C=O) groups excluding carboxylic acids is 2. The van der Waals surface area contributed by atoms with E-state index in [1.54, 1.807) is 18.2 Å². The minimum Gasteiger partial charge on any atom is -0.368 e. The van der Waals surface area contributed by atoms with Gasteiger partial charge in [0.1, 0.15) is 6.07 Å². The molecule has 0 fully saturated rings. The molecule has 0 atom stereocenters. The van der Waals surface area contributed by atoms with Gasteiger partial charge in [-0.15, -0.1) is 0 Å². The fourth-order valence-electron chi connectivity index (χ4n) is 1.68. The molecule has 0 saturated heterocycles. The van der Waals surface area contributed by atoms with E-state index in [-0.39, 0.29) is 13.1 Å². The lowest BCUT2D eigenvalue weighted by Gasteiger charge is -2.23. The summed E-state index contributed by atoms with van der Waals surface area (Å²) in [5, 5.41) is 9.11. The SMILES string of the molecule is N#Cc1cc(CN)ccc1N(CC(N)=O)CC(N)=O. The summed E-state index contributed by atoms with van der Waals surface area (Å²) >= 11 is 0. The van der Waals surface area contributed by atoms with E-state index in [2.05, 4.69) is 0 Å². The average Bonchev–Trinajstić information content (AvgIpc) is 2.36. The van der Waals surface area contributed by atoms with Gasteiger partial charge in [-0.1, -0.05) is 6.07 Å². The van der Waals surface area contributed by atoms with E-state index in [9.17, 15) is 9.59 Å². The lowest BCUT2D eigenvalue weighted by molar-refractivity contribution is -0.117. The van der Waals surface area contributed by atoms with E-state index in [0.717, 1.165) is 5.56 Å². The number of amides is 2. The van der Waals surface area contributed by atoms with Crippen molar-refractivity contribution in [2.75, 3.05) is 18.0 Å². The smallest absolute Gasteiger partial charge is 0.236 e. The second-order valence-corrected chi connectivity index (χ2v) is 3.96. The Morgan fingerprint density at radius 1 is 1.21 bits per heavy atom. The fraction of sp³-hybridized carbons (Fsp3) is 0.250. The number of nitriles is 1. The number of nitrogens with zero attached hydrogens (tertiary/aromatic N) is 2. The number of hydrogen-bond donors (Lipinski definition) is 3. The third-order valence-electron chi connectivity index (χ3n) is 2.45. The van der Waals surface area contributed by atoms with Gasteiger partial charge >= 0.3 is 0 Å². The van der Waals surface area contributed by atoms with Crippen molar-refractivity contribution >= 4 is 17.5 Å². The molecule has 1 aromatic rings. The van der Waals surface area contributed by atoms with Gasteiger partial charge in [-0.3, -0.25) is 9.59 Å². The van der Waals surface area contributed by atoms with E-state index in [0.29, 0.717) is 17.8 Å². The average molecular weight is 261 g/mol. The summed E-state index contributed by atoms with van der Waals surface area (Å²) in [6.07, 6.45) is 0. The number of primary amides is 2. The summed E-state index contributed by atoms with van der Waals surface area (Å²) in [4.78, 5) is 23.4. The zero-order valence-electron chi connectivity index (χ0n) is 10.3. The molecule has 19 heavy (non-hydrogen) atoms. The molecule has 1 rings (SSSR count). The number of rotatable bonds is 6. The molecule has 0 bridgehead atoms. The molecule has 0 heterocycles. The molecule has 2 amide bonds. The van der Waals surface area contributed by atoms with Gasteiger partial charge in [-0.05, 0) is 17.7 Å². The predicted octanol–water partition coefficient (Wildman–Crippen LogP) is -1.21. The topological polar surface area (TPSA) is 139 Å². The molecular weight excluding hydrogens is 246 g/mol. The van der Waals surface area contributed by atoms with Gasteiger partial charge in [0.15, 0.2) is 0 Å².